The number of halogens is 4. The third-order valence-corrected chi connectivity index (χ3v) is 7.06. The molecule has 1 saturated heterocycles. The number of aromatic nitrogens is 3. The highest BCUT2D eigenvalue weighted by Gasteiger charge is 2.46. The molecule has 1 aliphatic heterocycles. The van der Waals surface area contributed by atoms with Crippen molar-refractivity contribution in [3.05, 3.63) is 63.8 Å². The minimum absolute atomic E-state index is 0.0453. The molecule has 34 heavy (non-hydrogen) atoms. The summed E-state index contributed by atoms with van der Waals surface area (Å²) in [6.07, 6.45) is -2.60. The Morgan fingerprint density at radius 2 is 1.85 bits per heavy atom. The summed E-state index contributed by atoms with van der Waals surface area (Å²) in [6.45, 7) is -0.572. The number of hydrogen-bond acceptors (Lipinski definition) is 8. The molecule has 2 heterocycles. The third kappa shape index (κ3) is 4.76. The molecule has 1 aliphatic rings. The molecule has 5 unspecified atom stereocenters. The second-order valence-electron chi connectivity index (χ2n) is 7.41. The Hall–Kier alpha value is -2.30. The first-order valence-electron chi connectivity index (χ1n) is 9.79. The van der Waals surface area contributed by atoms with Gasteiger partial charge in [0, 0.05) is 15.5 Å². The maximum atomic E-state index is 13.9. The number of ether oxygens (including phenoxy) is 1. The van der Waals surface area contributed by atoms with E-state index in [1.165, 1.54) is 18.3 Å². The van der Waals surface area contributed by atoms with Gasteiger partial charge in [-0.3, -0.25) is 0 Å². The average molecular weight is 529 g/mol. The SMILES string of the molecule is N#Cc1ccc(Cl)cc1SC1OC(CO)C(O)C(n2cc(-c3cc(F)c(Cl)c(F)c3)nn2)C1O. The molecule has 0 spiro atoms. The van der Waals surface area contributed by atoms with E-state index in [-0.39, 0.29) is 11.3 Å². The summed E-state index contributed by atoms with van der Waals surface area (Å²) >= 11 is 12.5. The summed E-state index contributed by atoms with van der Waals surface area (Å²) in [5.74, 6) is -1.96. The Labute approximate surface area is 206 Å². The lowest BCUT2D eigenvalue weighted by Crippen LogP contribution is -2.55. The highest BCUT2D eigenvalue weighted by molar-refractivity contribution is 7.99. The van der Waals surface area contributed by atoms with Crippen molar-refractivity contribution in [2.75, 3.05) is 6.61 Å². The fourth-order valence-corrected chi connectivity index (χ4v) is 5.08. The summed E-state index contributed by atoms with van der Waals surface area (Å²) in [5.41, 5.74) is -0.631. The first kappa shape index (κ1) is 24.8. The van der Waals surface area contributed by atoms with Crippen molar-refractivity contribution in [3.8, 4) is 17.3 Å². The molecule has 3 aromatic rings. The molecular weight excluding hydrogens is 513 g/mol. The molecule has 2 aromatic carbocycles. The van der Waals surface area contributed by atoms with Gasteiger partial charge in [0.05, 0.1) is 18.4 Å². The average Bonchev–Trinajstić information content (AvgIpc) is 3.29. The van der Waals surface area contributed by atoms with E-state index >= 15 is 0 Å². The minimum atomic E-state index is -1.40. The molecule has 8 nitrogen and oxygen atoms in total. The van der Waals surface area contributed by atoms with E-state index < -0.39 is 53.1 Å². The highest BCUT2D eigenvalue weighted by Crippen LogP contribution is 2.40. The number of rotatable bonds is 5. The van der Waals surface area contributed by atoms with Crippen molar-refractivity contribution in [3.63, 3.8) is 0 Å². The topological polar surface area (TPSA) is 124 Å². The van der Waals surface area contributed by atoms with Crippen molar-refractivity contribution in [1.82, 2.24) is 15.0 Å². The smallest absolute Gasteiger partial charge is 0.145 e. The zero-order valence-electron chi connectivity index (χ0n) is 17.0. The van der Waals surface area contributed by atoms with Gasteiger partial charge in [-0.2, -0.15) is 5.26 Å². The zero-order valence-corrected chi connectivity index (χ0v) is 19.3. The maximum Gasteiger partial charge on any atom is 0.145 e. The zero-order chi connectivity index (χ0) is 24.6. The maximum absolute atomic E-state index is 13.9. The summed E-state index contributed by atoms with van der Waals surface area (Å²) in [4.78, 5) is 0.428. The van der Waals surface area contributed by atoms with Crippen LogP contribution in [0.25, 0.3) is 11.3 Å². The molecular formula is C21H16Cl2F2N4O4S. The molecule has 0 bridgehead atoms. The van der Waals surface area contributed by atoms with Crippen LogP contribution in [0.15, 0.2) is 41.4 Å². The van der Waals surface area contributed by atoms with E-state index in [2.05, 4.69) is 10.3 Å². The Morgan fingerprint density at radius 1 is 1.15 bits per heavy atom. The lowest BCUT2D eigenvalue weighted by atomic mass is 9.97. The van der Waals surface area contributed by atoms with Crippen LogP contribution >= 0.6 is 35.0 Å². The van der Waals surface area contributed by atoms with Gasteiger partial charge in [-0.05, 0) is 30.3 Å². The number of nitrogens with zero attached hydrogens (tertiary/aromatic N) is 4. The highest BCUT2D eigenvalue weighted by atomic mass is 35.5. The predicted octanol–water partition coefficient (Wildman–Crippen LogP) is 3.17. The number of aliphatic hydroxyl groups is 3. The van der Waals surface area contributed by atoms with E-state index in [1.54, 1.807) is 6.07 Å². The minimum Gasteiger partial charge on any atom is -0.394 e. The van der Waals surface area contributed by atoms with E-state index in [9.17, 15) is 29.4 Å². The molecule has 0 saturated carbocycles. The van der Waals surface area contributed by atoms with Crippen LogP contribution < -0.4 is 0 Å². The summed E-state index contributed by atoms with van der Waals surface area (Å²) in [7, 11) is 0. The van der Waals surface area contributed by atoms with E-state index in [4.69, 9.17) is 27.9 Å². The second-order valence-corrected chi connectivity index (χ2v) is 9.36. The normalized spacial score (nSPS) is 24.7. The second kappa shape index (κ2) is 10.1. The van der Waals surface area contributed by atoms with Crippen LogP contribution in [-0.4, -0.2) is 60.7 Å². The molecule has 5 atom stereocenters. The van der Waals surface area contributed by atoms with Gasteiger partial charge in [0.2, 0.25) is 0 Å². The fourth-order valence-electron chi connectivity index (χ4n) is 3.55. The molecule has 178 valence electrons. The third-order valence-electron chi connectivity index (χ3n) is 5.25. The molecule has 0 radical (unpaired) electrons. The number of nitriles is 1. The van der Waals surface area contributed by atoms with Gasteiger partial charge in [0.15, 0.2) is 0 Å². The Bertz CT molecular complexity index is 1230. The van der Waals surface area contributed by atoms with Crippen LogP contribution in [-0.2, 0) is 4.74 Å². The Kier molecular flexibility index (Phi) is 7.39. The fraction of sp³-hybridized carbons (Fsp3) is 0.286. The van der Waals surface area contributed by atoms with E-state index in [1.807, 2.05) is 6.07 Å². The molecule has 4 rings (SSSR count). The largest absolute Gasteiger partial charge is 0.394 e. The number of thioether (sulfide) groups is 1. The van der Waals surface area contributed by atoms with Gasteiger partial charge < -0.3 is 20.1 Å². The van der Waals surface area contributed by atoms with Crippen molar-refractivity contribution in [1.29, 1.82) is 5.26 Å². The van der Waals surface area contributed by atoms with Crippen LogP contribution in [0.5, 0.6) is 0 Å². The lowest BCUT2D eigenvalue weighted by Gasteiger charge is -2.41. The van der Waals surface area contributed by atoms with Crippen LogP contribution in [0.4, 0.5) is 8.78 Å². The Balaban J connectivity index is 1.66. The Morgan fingerprint density at radius 3 is 2.50 bits per heavy atom. The van der Waals surface area contributed by atoms with Gasteiger partial charge in [-0.25, -0.2) is 13.5 Å². The molecule has 0 amide bonds. The van der Waals surface area contributed by atoms with Gasteiger partial charge in [-0.15, -0.1) is 5.10 Å². The predicted molar refractivity (Wildman–Crippen MR) is 119 cm³/mol. The van der Waals surface area contributed by atoms with E-state index in [0.29, 0.717) is 15.5 Å². The molecule has 0 aliphatic carbocycles. The van der Waals surface area contributed by atoms with Gasteiger partial charge >= 0.3 is 0 Å². The first-order valence-corrected chi connectivity index (χ1v) is 11.4. The van der Waals surface area contributed by atoms with Gasteiger partial charge in [-0.1, -0.05) is 40.2 Å². The van der Waals surface area contributed by atoms with E-state index in [0.717, 1.165) is 28.6 Å². The van der Waals surface area contributed by atoms with Gasteiger partial charge in [0.25, 0.3) is 0 Å². The number of hydrogen-bond donors (Lipinski definition) is 3. The standard InChI is InChI=1S/C21H16Cl2F2N4O4S/c22-11-2-1-9(6-26)16(5-11)34-21-20(32)18(19(31)15(8-30)33-21)29-7-14(27-28-29)10-3-12(24)17(23)13(25)4-10/h1-5,7,15,18-21,30-32H,8H2. The monoisotopic (exact) mass is 528 g/mol. The van der Waals surface area contributed by atoms with Crippen molar-refractivity contribution < 1.29 is 28.8 Å². The number of benzene rings is 2. The van der Waals surface area contributed by atoms with Crippen LogP contribution in [0.2, 0.25) is 10.0 Å². The molecule has 3 N–H and O–H groups in total. The van der Waals surface area contributed by atoms with Crippen LogP contribution in [0.3, 0.4) is 0 Å². The molecule has 13 heteroatoms. The van der Waals surface area contributed by atoms with Crippen LogP contribution in [0.1, 0.15) is 11.6 Å². The lowest BCUT2D eigenvalue weighted by molar-refractivity contribution is -0.178. The summed E-state index contributed by atoms with van der Waals surface area (Å²) < 4.78 is 34.6. The molecule has 1 fully saturated rings. The number of aliphatic hydroxyl groups excluding tert-OH is 3. The van der Waals surface area contributed by atoms with Crippen molar-refractivity contribution >= 4 is 35.0 Å². The van der Waals surface area contributed by atoms with Crippen molar-refractivity contribution in [2.24, 2.45) is 0 Å². The summed E-state index contributed by atoms with van der Waals surface area (Å²) in [5, 5.41) is 48.4. The quantitative estimate of drug-likeness (QED) is 0.431. The van der Waals surface area contributed by atoms with Crippen LogP contribution in [0, 0.1) is 23.0 Å². The molecule has 1 aromatic heterocycles. The van der Waals surface area contributed by atoms with Crippen molar-refractivity contribution in [2.45, 2.75) is 34.7 Å². The summed E-state index contributed by atoms with van der Waals surface area (Å²) in [6, 6.07) is 7.44. The first-order chi connectivity index (χ1) is 16.2. The van der Waals surface area contributed by atoms with Gasteiger partial charge in [0.1, 0.15) is 58.2 Å².